The third kappa shape index (κ3) is 6.16. The van der Waals surface area contributed by atoms with Crippen molar-refractivity contribution in [3.05, 3.63) is 76.7 Å². The Hall–Kier alpha value is -4.65. The van der Waals surface area contributed by atoms with Crippen molar-refractivity contribution >= 4 is 17.1 Å². The summed E-state index contributed by atoms with van der Waals surface area (Å²) in [4.78, 5) is 25.6. The predicted molar refractivity (Wildman–Crippen MR) is 181 cm³/mol. The fourth-order valence-electron chi connectivity index (χ4n) is 7.52. The second-order valence-corrected chi connectivity index (χ2v) is 13.4. The molecule has 0 spiro atoms. The highest BCUT2D eigenvalue weighted by atomic mass is 19.3. The summed E-state index contributed by atoms with van der Waals surface area (Å²) in [5.41, 5.74) is 7.84. The largest absolute Gasteiger partial charge is 0.480 e. The molecule has 1 N–H and O–H groups in total. The van der Waals surface area contributed by atoms with Gasteiger partial charge < -0.3 is 23.4 Å². The lowest BCUT2D eigenvalue weighted by molar-refractivity contribution is -0.142. The zero-order valence-electron chi connectivity index (χ0n) is 28.0. The third-order valence-electron chi connectivity index (χ3n) is 10.3. The van der Waals surface area contributed by atoms with Gasteiger partial charge >= 0.3 is 12.6 Å². The molecule has 3 aromatic carbocycles. The highest BCUT2D eigenvalue weighted by Gasteiger charge is 2.32. The number of aliphatic carboxylic acids is 1. The molecule has 50 heavy (non-hydrogen) atoms. The molecule has 2 unspecified atom stereocenters. The molecule has 2 atom stereocenters. The zero-order chi connectivity index (χ0) is 34.5. The Morgan fingerprint density at radius 2 is 1.68 bits per heavy atom. The summed E-state index contributed by atoms with van der Waals surface area (Å²) in [5.74, 6) is 0.913. The molecule has 3 aliphatic heterocycles. The van der Waals surface area contributed by atoms with Gasteiger partial charge in [-0.05, 0) is 80.1 Å². The lowest BCUT2D eigenvalue weighted by Crippen LogP contribution is -2.42. The number of nitrogens with zero attached hydrogens (tertiary/aromatic N) is 4. The number of carbonyl (C=O) groups is 1. The number of hydrogen-bond donors (Lipinski definition) is 1. The van der Waals surface area contributed by atoms with Crippen molar-refractivity contribution in [2.24, 2.45) is 0 Å². The van der Waals surface area contributed by atoms with Gasteiger partial charge in [-0.1, -0.05) is 24.3 Å². The van der Waals surface area contributed by atoms with E-state index in [1.807, 2.05) is 31.2 Å². The van der Waals surface area contributed by atoms with E-state index in [1.54, 1.807) is 11.0 Å². The molecule has 2 fully saturated rings. The fourth-order valence-corrected chi connectivity index (χ4v) is 7.52. The van der Waals surface area contributed by atoms with E-state index in [-0.39, 0.29) is 12.3 Å². The molecule has 260 valence electrons. The van der Waals surface area contributed by atoms with Gasteiger partial charge in [-0.25, -0.2) is 9.97 Å². The average molecular weight is 685 g/mol. The summed E-state index contributed by atoms with van der Waals surface area (Å²) in [6.45, 7) is 5.16. The van der Waals surface area contributed by atoms with E-state index >= 15 is 0 Å². The molecule has 2 aromatic heterocycles. The van der Waals surface area contributed by atoms with Crippen molar-refractivity contribution in [3.63, 3.8) is 0 Å². The van der Waals surface area contributed by atoms with Crippen molar-refractivity contribution in [2.45, 2.75) is 71.4 Å². The van der Waals surface area contributed by atoms with Crippen LogP contribution in [0.5, 0.6) is 5.75 Å². The molecule has 5 heterocycles. The van der Waals surface area contributed by atoms with Crippen LogP contribution in [0.1, 0.15) is 47.4 Å². The maximum absolute atomic E-state index is 13.5. The van der Waals surface area contributed by atoms with Crippen LogP contribution in [-0.4, -0.2) is 75.8 Å². The molecular weight excluding hydrogens is 646 g/mol. The minimum absolute atomic E-state index is 0.0579. The number of benzene rings is 3. The molecule has 12 heteroatoms. The van der Waals surface area contributed by atoms with E-state index in [0.717, 1.165) is 83.9 Å². The molecule has 2 saturated heterocycles. The first-order valence-corrected chi connectivity index (χ1v) is 17.1. The maximum Gasteiger partial charge on any atom is 0.387 e. The van der Waals surface area contributed by atoms with Gasteiger partial charge in [0.05, 0.1) is 11.8 Å². The van der Waals surface area contributed by atoms with Crippen LogP contribution < -0.4 is 4.74 Å². The number of oxazole rings is 2. The summed E-state index contributed by atoms with van der Waals surface area (Å²) < 4.78 is 49.9. The summed E-state index contributed by atoms with van der Waals surface area (Å²) in [6, 6.07) is 14.4. The van der Waals surface area contributed by atoms with E-state index in [1.165, 1.54) is 6.07 Å². The molecule has 0 saturated carbocycles. The number of ether oxygens (including phenoxy) is 2. The van der Waals surface area contributed by atoms with Crippen molar-refractivity contribution in [1.82, 2.24) is 19.8 Å². The Bertz CT molecular complexity index is 2070. The van der Waals surface area contributed by atoms with Crippen LogP contribution in [-0.2, 0) is 29.0 Å². The number of carboxylic acids is 1. The number of rotatable bonds is 10. The Morgan fingerprint density at radius 3 is 2.34 bits per heavy atom. The van der Waals surface area contributed by atoms with Gasteiger partial charge in [0.25, 0.3) is 0 Å². The summed E-state index contributed by atoms with van der Waals surface area (Å²) >= 11 is 0. The Labute approximate surface area is 287 Å². The van der Waals surface area contributed by atoms with E-state index in [2.05, 4.69) is 24.0 Å². The van der Waals surface area contributed by atoms with Crippen LogP contribution >= 0.6 is 0 Å². The van der Waals surface area contributed by atoms with Crippen molar-refractivity contribution in [2.75, 3.05) is 26.2 Å². The number of hydrogen-bond acceptors (Lipinski definition) is 9. The van der Waals surface area contributed by atoms with E-state index < -0.39 is 18.6 Å². The Kier molecular flexibility index (Phi) is 8.62. The monoisotopic (exact) mass is 684 g/mol. The van der Waals surface area contributed by atoms with Crippen LogP contribution in [0.3, 0.4) is 0 Å². The van der Waals surface area contributed by atoms with Gasteiger partial charge in [-0.3, -0.25) is 14.6 Å². The summed E-state index contributed by atoms with van der Waals surface area (Å²) in [7, 11) is 0. The lowest BCUT2D eigenvalue weighted by atomic mass is 9.91. The smallest absolute Gasteiger partial charge is 0.387 e. The minimum Gasteiger partial charge on any atom is -0.480 e. The lowest BCUT2D eigenvalue weighted by Gasteiger charge is -2.33. The van der Waals surface area contributed by atoms with Gasteiger partial charge in [-0.15, -0.1) is 0 Å². The quantitative estimate of drug-likeness (QED) is 0.162. The van der Waals surface area contributed by atoms with Crippen LogP contribution in [0.15, 0.2) is 57.4 Å². The van der Waals surface area contributed by atoms with Gasteiger partial charge in [0.15, 0.2) is 5.58 Å². The van der Waals surface area contributed by atoms with Crippen molar-refractivity contribution < 1.29 is 37.0 Å². The predicted octanol–water partition coefficient (Wildman–Crippen LogP) is 7.23. The number of fused-ring (bicyclic) bond motifs is 2. The molecule has 5 aromatic rings. The van der Waals surface area contributed by atoms with Gasteiger partial charge in [-0.2, -0.15) is 8.78 Å². The van der Waals surface area contributed by atoms with E-state index in [4.69, 9.17) is 28.3 Å². The van der Waals surface area contributed by atoms with Gasteiger partial charge in [0.2, 0.25) is 11.8 Å². The number of likely N-dealkylation sites (tertiary alicyclic amines) is 1. The topological polar surface area (TPSA) is 114 Å². The summed E-state index contributed by atoms with van der Waals surface area (Å²) in [6.07, 6.45) is 3.46. The minimum atomic E-state index is -3.05. The van der Waals surface area contributed by atoms with Crippen molar-refractivity contribution in [1.29, 1.82) is 0 Å². The summed E-state index contributed by atoms with van der Waals surface area (Å²) in [5, 5.41) is 9.64. The van der Waals surface area contributed by atoms with Crippen LogP contribution in [0, 0.1) is 13.8 Å². The van der Waals surface area contributed by atoms with Gasteiger partial charge in [0.1, 0.15) is 23.1 Å². The molecule has 0 radical (unpaired) electrons. The SMILES string of the molecule is Cc1c(-c2nc3c(o2)CCN(CC2CCO2)C3)cccc1-c1cccc(-c2nc3cc(CN4CCCC4C(=O)O)c(OC(F)F)cc3o2)c1C. The van der Waals surface area contributed by atoms with Crippen LogP contribution in [0.2, 0.25) is 0 Å². The first kappa shape index (κ1) is 32.5. The average Bonchev–Trinajstić information content (AvgIpc) is 3.81. The number of halogens is 2. The second kappa shape index (κ2) is 13.2. The number of alkyl halides is 2. The van der Waals surface area contributed by atoms with E-state index in [0.29, 0.717) is 53.9 Å². The molecule has 0 amide bonds. The highest BCUT2D eigenvalue weighted by molar-refractivity contribution is 5.84. The fraction of sp³-hybridized carbons (Fsp3) is 0.395. The first-order chi connectivity index (χ1) is 24.2. The Balaban J connectivity index is 1.10. The van der Waals surface area contributed by atoms with Crippen molar-refractivity contribution in [3.8, 4) is 39.8 Å². The third-order valence-corrected chi connectivity index (χ3v) is 10.3. The Morgan fingerprint density at radius 1 is 0.980 bits per heavy atom. The molecule has 3 aliphatic rings. The first-order valence-electron chi connectivity index (χ1n) is 17.1. The molecular formula is C38H38F2N4O6. The van der Waals surface area contributed by atoms with Gasteiger partial charge in [0, 0.05) is 62.0 Å². The molecule has 0 bridgehead atoms. The van der Waals surface area contributed by atoms with E-state index in [9.17, 15) is 18.7 Å². The zero-order valence-corrected chi connectivity index (χ0v) is 28.0. The van der Waals surface area contributed by atoms with Crippen LogP contribution in [0.4, 0.5) is 8.78 Å². The molecule has 8 rings (SSSR count). The highest BCUT2D eigenvalue weighted by Crippen LogP contribution is 2.39. The van der Waals surface area contributed by atoms with Crippen LogP contribution in [0.25, 0.3) is 45.1 Å². The second-order valence-electron chi connectivity index (χ2n) is 13.4. The number of aromatic nitrogens is 2. The normalized spacial score (nSPS) is 19.6. The maximum atomic E-state index is 13.5. The molecule has 0 aliphatic carbocycles. The molecule has 10 nitrogen and oxygen atoms in total. The number of carboxylic acid groups (broad SMARTS) is 1. The standard InChI is InChI=1S/C38H38F2N4O6/c1-21-25(26-7-4-9-28(22(26)2)36-42-30-20-43(14-11-32(30)48-36)19-24-12-15-47-24)6-3-8-27(21)35-41-29-16-23(18-44-13-5-10-31(44)37(45)46)33(50-38(39)40)17-34(29)49-35/h3-4,6-9,16-17,24,31,38H,5,10-15,18-20H2,1-2H3,(H,45,46).